The average Bonchev–Trinajstić information content (AvgIpc) is 2.58. The number of carbonyl (C=O) groups is 1. The van der Waals surface area contributed by atoms with Crippen LogP contribution in [0.5, 0.6) is 0 Å². The highest BCUT2D eigenvalue weighted by Gasteiger charge is 2.07. The molecule has 5 nitrogen and oxygen atoms in total. The second-order valence-electron chi connectivity index (χ2n) is 3.46. The molecule has 0 unspecified atom stereocenters. The van der Waals surface area contributed by atoms with E-state index in [1.54, 1.807) is 4.68 Å². The molecular formula is C11H17N3O2. The predicted octanol–water partition coefficient (Wildman–Crippen LogP) is 1.40. The zero-order valence-corrected chi connectivity index (χ0v) is 10.1. The third-order valence-corrected chi connectivity index (χ3v) is 2.30. The summed E-state index contributed by atoms with van der Waals surface area (Å²) in [5, 5.41) is 4.21. The fourth-order valence-corrected chi connectivity index (χ4v) is 1.43. The first-order chi connectivity index (χ1) is 7.58. The van der Waals surface area contributed by atoms with Gasteiger partial charge in [-0.15, -0.1) is 0 Å². The lowest BCUT2D eigenvalue weighted by molar-refractivity contribution is -0.136. The molecule has 0 aliphatic rings. The summed E-state index contributed by atoms with van der Waals surface area (Å²) in [4.78, 5) is 15.5. The standard InChI is InChI=1S/C11H17N3O2/c1-5-10(11(15)16-4)6-7-14-9(3)12-8(2)13-14/h6H,5,7H2,1-4H3. The minimum atomic E-state index is -0.281. The van der Waals surface area contributed by atoms with E-state index >= 15 is 0 Å². The summed E-state index contributed by atoms with van der Waals surface area (Å²) in [6.45, 7) is 6.19. The monoisotopic (exact) mass is 223 g/mol. The highest BCUT2D eigenvalue weighted by molar-refractivity contribution is 5.88. The molecule has 0 saturated carbocycles. The van der Waals surface area contributed by atoms with Crippen LogP contribution in [0.1, 0.15) is 25.0 Å². The highest BCUT2D eigenvalue weighted by Crippen LogP contribution is 2.04. The molecule has 88 valence electrons. The van der Waals surface area contributed by atoms with Gasteiger partial charge in [-0.1, -0.05) is 13.0 Å². The molecule has 1 aromatic rings. The maximum Gasteiger partial charge on any atom is 0.333 e. The molecule has 0 aliphatic carbocycles. The smallest absolute Gasteiger partial charge is 0.333 e. The number of ether oxygens (including phenoxy) is 1. The number of esters is 1. The average molecular weight is 223 g/mol. The van der Waals surface area contributed by atoms with Gasteiger partial charge in [0.2, 0.25) is 0 Å². The van der Waals surface area contributed by atoms with E-state index in [4.69, 9.17) is 0 Å². The van der Waals surface area contributed by atoms with Crippen LogP contribution in [-0.4, -0.2) is 27.8 Å². The van der Waals surface area contributed by atoms with Gasteiger partial charge in [0.05, 0.1) is 13.7 Å². The second-order valence-corrected chi connectivity index (χ2v) is 3.46. The highest BCUT2D eigenvalue weighted by atomic mass is 16.5. The van der Waals surface area contributed by atoms with Crippen molar-refractivity contribution in [2.75, 3.05) is 7.11 Å². The maximum absolute atomic E-state index is 11.3. The minimum Gasteiger partial charge on any atom is -0.466 e. The molecular weight excluding hydrogens is 206 g/mol. The fraction of sp³-hybridized carbons (Fsp3) is 0.545. The van der Waals surface area contributed by atoms with Crippen molar-refractivity contribution in [3.8, 4) is 0 Å². The van der Waals surface area contributed by atoms with E-state index < -0.39 is 0 Å². The van der Waals surface area contributed by atoms with E-state index in [2.05, 4.69) is 14.8 Å². The van der Waals surface area contributed by atoms with Crippen LogP contribution in [0.4, 0.5) is 0 Å². The van der Waals surface area contributed by atoms with E-state index in [0.29, 0.717) is 18.5 Å². The molecule has 1 aromatic heterocycles. The Labute approximate surface area is 95.1 Å². The summed E-state index contributed by atoms with van der Waals surface area (Å²) in [7, 11) is 1.39. The zero-order chi connectivity index (χ0) is 12.1. The SMILES string of the molecule is CCC(=CCn1nc(C)nc1C)C(=O)OC. The van der Waals surface area contributed by atoms with Crippen molar-refractivity contribution in [3.05, 3.63) is 23.3 Å². The maximum atomic E-state index is 11.3. The molecule has 0 bridgehead atoms. The lowest BCUT2D eigenvalue weighted by atomic mass is 10.2. The van der Waals surface area contributed by atoms with Gasteiger partial charge in [-0.2, -0.15) is 5.10 Å². The molecule has 5 heteroatoms. The molecule has 0 atom stereocenters. The van der Waals surface area contributed by atoms with Crippen molar-refractivity contribution in [2.45, 2.75) is 33.7 Å². The molecule has 0 aliphatic heterocycles. The van der Waals surface area contributed by atoms with E-state index in [1.165, 1.54) is 7.11 Å². The zero-order valence-electron chi connectivity index (χ0n) is 10.1. The Morgan fingerprint density at radius 1 is 1.50 bits per heavy atom. The third-order valence-electron chi connectivity index (χ3n) is 2.30. The normalized spacial score (nSPS) is 11.6. The van der Waals surface area contributed by atoms with Gasteiger partial charge in [-0.3, -0.25) is 0 Å². The molecule has 0 aromatic carbocycles. The van der Waals surface area contributed by atoms with Crippen molar-refractivity contribution >= 4 is 5.97 Å². The molecule has 0 amide bonds. The van der Waals surface area contributed by atoms with Gasteiger partial charge in [0.1, 0.15) is 11.6 Å². The second kappa shape index (κ2) is 5.44. The number of rotatable bonds is 4. The Morgan fingerprint density at radius 3 is 2.62 bits per heavy atom. The van der Waals surface area contributed by atoms with Gasteiger partial charge in [0.25, 0.3) is 0 Å². The molecule has 1 rings (SSSR count). The number of aromatic nitrogens is 3. The van der Waals surface area contributed by atoms with Crippen LogP contribution >= 0.6 is 0 Å². The van der Waals surface area contributed by atoms with E-state index in [1.807, 2.05) is 26.8 Å². The largest absolute Gasteiger partial charge is 0.466 e. The number of hydrogen-bond donors (Lipinski definition) is 0. The van der Waals surface area contributed by atoms with Crippen LogP contribution in [0, 0.1) is 13.8 Å². The number of hydrogen-bond acceptors (Lipinski definition) is 4. The molecule has 0 spiro atoms. The number of carbonyl (C=O) groups excluding carboxylic acids is 1. The van der Waals surface area contributed by atoms with E-state index in [0.717, 1.165) is 11.6 Å². The summed E-state index contributed by atoms with van der Waals surface area (Å²) in [5.74, 6) is 1.30. The fourth-order valence-electron chi connectivity index (χ4n) is 1.43. The Morgan fingerprint density at radius 2 is 2.19 bits per heavy atom. The molecule has 0 fully saturated rings. The van der Waals surface area contributed by atoms with Crippen LogP contribution in [0.2, 0.25) is 0 Å². The molecule has 1 heterocycles. The first kappa shape index (κ1) is 12.4. The van der Waals surface area contributed by atoms with E-state index in [-0.39, 0.29) is 5.97 Å². The molecule has 0 radical (unpaired) electrons. The molecule has 0 N–H and O–H groups in total. The van der Waals surface area contributed by atoms with Crippen molar-refractivity contribution in [1.82, 2.24) is 14.8 Å². The van der Waals surface area contributed by atoms with Crippen LogP contribution in [0.25, 0.3) is 0 Å². The van der Waals surface area contributed by atoms with Gasteiger partial charge in [-0.05, 0) is 20.3 Å². The van der Waals surface area contributed by atoms with Crippen LogP contribution in [0.15, 0.2) is 11.6 Å². The van der Waals surface area contributed by atoms with Crippen LogP contribution < -0.4 is 0 Å². The Kier molecular flexibility index (Phi) is 4.22. The predicted molar refractivity (Wildman–Crippen MR) is 59.9 cm³/mol. The van der Waals surface area contributed by atoms with Crippen LogP contribution in [0.3, 0.4) is 0 Å². The van der Waals surface area contributed by atoms with E-state index in [9.17, 15) is 4.79 Å². The molecule has 0 saturated heterocycles. The summed E-state index contributed by atoms with van der Waals surface area (Å²) in [6.07, 6.45) is 2.48. The Bertz CT molecular complexity index is 407. The Hall–Kier alpha value is -1.65. The first-order valence-electron chi connectivity index (χ1n) is 5.23. The summed E-state index contributed by atoms with van der Waals surface area (Å²) in [6, 6.07) is 0. The van der Waals surface area contributed by atoms with Crippen molar-refractivity contribution in [2.24, 2.45) is 0 Å². The van der Waals surface area contributed by atoms with Gasteiger partial charge in [0, 0.05) is 5.57 Å². The summed E-state index contributed by atoms with van der Waals surface area (Å²) in [5.41, 5.74) is 0.662. The topological polar surface area (TPSA) is 57.0 Å². The van der Waals surface area contributed by atoms with Gasteiger partial charge < -0.3 is 4.74 Å². The third kappa shape index (κ3) is 2.92. The van der Waals surface area contributed by atoms with Crippen molar-refractivity contribution < 1.29 is 9.53 Å². The lowest BCUT2D eigenvalue weighted by Gasteiger charge is -2.03. The number of aryl methyl sites for hydroxylation is 2. The number of methoxy groups -OCH3 is 1. The minimum absolute atomic E-state index is 0.281. The number of nitrogens with zero attached hydrogens (tertiary/aromatic N) is 3. The summed E-state index contributed by atoms with van der Waals surface area (Å²) >= 11 is 0. The van der Waals surface area contributed by atoms with Crippen LogP contribution in [-0.2, 0) is 16.1 Å². The quantitative estimate of drug-likeness (QED) is 0.572. The lowest BCUT2D eigenvalue weighted by Crippen LogP contribution is -2.07. The Balaban J connectivity index is 2.77. The van der Waals surface area contributed by atoms with Gasteiger partial charge >= 0.3 is 5.97 Å². The van der Waals surface area contributed by atoms with Crippen molar-refractivity contribution in [3.63, 3.8) is 0 Å². The van der Waals surface area contributed by atoms with Gasteiger partial charge in [0.15, 0.2) is 0 Å². The van der Waals surface area contributed by atoms with Gasteiger partial charge in [-0.25, -0.2) is 14.5 Å². The summed E-state index contributed by atoms with van der Waals surface area (Å²) < 4.78 is 6.43. The first-order valence-corrected chi connectivity index (χ1v) is 5.23. The number of allylic oxidation sites excluding steroid dienone is 1. The molecule has 16 heavy (non-hydrogen) atoms. The van der Waals surface area contributed by atoms with Crippen molar-refractivity contribution in [1.29, 1.82) is 0 Å².